The lowest BCUT2D eigenvalue weighted by Crippen LogP contribution is -2.20. The lowest BCUT2D eigenvalue weighted by Gasteiger charge is -2.15. The van der Waals surface area contributed by atoms with Gasteiger partial charge >= 0.3 is 0 Å². The molecule has 0 amide bonds. The van der Waals surface area contributed by atoms with Crippen LogP contribution in [0.5, 0.6) is 5.75 Å². The molecule has 0 fully saturated rings. The number of nitrogens with two attached hydrogens (primary N) is 1. The molecular weight excluding hydrogens is 219 g/mol. The smallest absolute Gasteiger partial charge is 0.184 e. The van der Waals surface area contributed by atoms with E-state index in [1.807, 2.05) is 19.9 Å². The normalized spacial score (nSPS) is 13.8. The predicted octanol–water partition coefficient (Wildman–Crippen LogP) is 2.40. The van der Waals surface area contributed by atoms with Crippen molar-refractivity contribution < 1.29 is 9.13 Å². The number of benzene rings is 1. The van der Waals surface area contributed by atoms with Crippen LogP contribution in [-0.2, 0) is 6.42 Å². The average molecular weight is 236 g/mol. The first kappa shape index (κ1) is 13.5. The fourth-order valence-electron chi connectivity index (χ4n) is 1.52. The highest BCUT2D eigenvalue weighted by Gasteiger charge is 2.12. The van der Waals surface area contributed by atoms with Gasteiger partial charge in [0.05, 0.1) is 0 Å². The molecule has 17 heavy (non-hydrogen) atoms. The van der Waals surface area contributed by atoms with Crippen LogP contribution in [-0.4, -0.2) is 12.1 Å². The third-order valence-corrected chi connectivity index (χ3v) is 2.35. The standard InChI is InChI=1S/C13H17FN2O/c1-3-12(8-15)17-13-5-4-11(14)7-10(13)6-9(2)16/h4-5,7,9,12H,3,6,16H2,1-2H3. The Balaban J connectivity index is 2.94. The molecule has 0 radical (unpaired) electrons. The largest absolute Gasteiger partial charge is 0.475 e. The Morgan fingerprint density at radius 3 is 2.76 bits per heavy atom. The Morgan fingerprint density at radius 2 is 2.24 bits per heavy atom. The Kier molecular flexibility index (Phi) is 4.92. The molecule has 0 aliphatic rings. The number of nitriles is 1. The number of hydrogen-bond acceptors (Lipinski definition) is 3. The molecule has 0 heterocycles. The van der Waals surface area contributed by atoms with Crippen LogP contribution in [0, 0.1) is 17.1 Å². The lowest BCUT2D eigenvalue weighted by molar-refractivity contribution is 0.248. The molecule has 2 N–H and O–H groups in total. The summed E-state index contributed by atoms with van der Waals surface area (Å²) in [6, 6.07) is 6.24. The van der Waals surface area contributed by atoms with Crippen LogP contribution in [0.4, 0.5) is 4.39 Å². The van der Waals surface area contributed by atoms with E-state index in [4.69, 9.17) is 15.7 Å². The molecule has 0 aliphatic heterocycles. The van der Waals surface area contributed by atoms with Gasteiger partial charge in [-0.2, -0.15) is 5.26 Å². The highest BCUT2D eigenvalue weighted by atomic mass is 19.1. The summed E-state index contributed by atoms with van der Waals surface area (Å²) in [5.41, 5.74) is 6.40. The zero-order valence-electron chi connectivity index (χ0n) is 10.1. The topological polar surface area (TPSA) is 59.0 Å². The quantitative estimate of drug-likeness (QED) is 0.854. The molecule has 3 nitrogen and oxygen atoms in total. The van der Waals surface area contributed by atoms with Crippen LogP contribution < -0.4 is 10.5 Å². The molecule has 1 aromatic rings. The van der Waals surface area contributed by atoms with Gasteiger partial charge in [-0.25, -0.2) is 4.39 Å². The second kappa shape index (κ2) is 6.21. The van der Waals surface area contributed by atoms with Crippen LogP contribution in [0.25, 0.3) is 0 Å². The molecule has 0 spiro atoms. The molecule has 2 unspecified atom stereocenters. The first-order chi connectivity index (χ1) is 8.06. The van der Waals surface area contributed by atoms with Gasteiger partial charge in [0.15, 0.2) is 6.10 Å². The van der Waals surface area contributed by atoms with E-state index in [0.717, 1.165) is 0 Å². The van der Waals surface area contributed by atoms with Crippen molar-refractivity contribution in [1.82, 2.24) is 0 Å². The van der Waals surface area contributed by atoms with E-state index in [-0.39, 0.29) is 11.9 Å². The SMILES string of the molecule is CCC(C#N)Oc1ccc(F)cc1CC(C)N. The van der Waals surface area contributed by atoms with Crippen molar-refractivity contribution in [2.75, 3.05) is 0 Å². The van der Waals surface area contributed by atoms with E-state index in [9.17, 15) is 4.39 Å². The molecule has 0 aliphatic carbocycles. The van der Waals surface area contributed by atoms with E-state index in [0.29, 0.717) is 24.2 Å². The van der Waals surface area contributed by atoms with Crippen molar-refractivity contribution in [3.8, 4) is 11.8 Å². The fraction of sp³-hybridized carbons (Fsp3) is 0.462. The molecule has 0 saturated carbocycles. The molecule has 1 aromatic carbocycles. The molecule has 4 heteroatoms. The lowest BCUT2D eigenvalue weighted by atomic mass is 10.1. The fourth-order valence-corrected chi connectivity index (χ4v) is 1.52. The summed E-state index contributed by atoms with van der Waals surface area (Å²) in [6.45, 7) is 3.71. The maximum atomic E-state index is 13.1. The van der Waals surface area contributed by atoms with Gasteiger partial charge < -0.3 is 10.5 Å². The summed E-state index contributed by atoms with van der Waals surface area (Å²) in [7, 11) is 0. The second-order valence-corrected chi connectivity index (χ2v) is 4.08. The maximum absolute atomic E-state index is 13.1. The van der Waals surface area contributed by atoms with E-state index in [1.54, 1.807) is 6.07 Å². The van der Waals surface area contributed by atoms with Crippen molar-refractivity contribution >= 4 is 0 Å². The Bertz CT molecular complexity index is 412. The van der Waals surface area contributed by atoms with Gasteiger partial charge in [-0.3, -0.25) is 0 Å². The summed E-state index contributed by atoms with van der Waals surface area (Å²) in [6.07, 6.45) is 0.604. The van der Waals surface area contributed by atoms with E-state index in [1.165, 1.54) is 12.1 Å². The van der Waals surface area contributed by atoms with E-state index < -0.39 is 6.10 Å². The number of hydrogen-bond donors (Lipinski definition) is 1. The van der Waals surface area contributed by atoms with E-state index in [2.05, 4.69) is 0 Å². The van der Waals surface area contributed by atoms with Gasteiger partial charge in [-0.1, -0.05) is 6.92 Å². The second-order valence-electron chi connectivity index (χ2n) is 4.08. The summed E-state index contributed by atoms with van der Waals surface area (Å²) in [5, 5.41) is 8.84. The zero-order chi connectivity index (χ0) is 12.8. The monoisotopic (exact) mass is 236 g/mol. The number of ether oxygens (including phenoxy) is 1. The zero-order valence-corrected chi connectivity index (χ0v) is 10.1. The number of halogens is 1. The van der Waals surface area contributed by atoms with Crippen molar-refractivity contribution in [3.05, 3.63) is 29.6 Å². The van der Waals surface area contributed by atoms with E-state index >= 15 is 0 Å². The molecule has 0 aromatic heterocycles. The van der Waals surface area contributed by atoms with Crippen molar-refractivity contribution in [3.63, 3.8) is 0 Å². The third kappa shape index (κ3) is 4.04. The van der Waals surface area contributed by atoms with Gasteiger partial charge in [0.25, 0.3) is 0 Å². The average Bonchev–Trinajstić information content (AvgIpc) is 2.27. The van der Waals surface area contributed by atoms with Crippen LogP contribution >= 0.6 is 0 Å². The van der Waals surface area contributed by atoms with Crippen LogP contribution in [0.2, 0.25) is 0 Å². The molecule has 0 saturated heterocycles. The van der Waals surface area contributed by atoms with Gasteiger partial charge in [-0.15, -0.1) is 0 Å². The van der Waals surface area contributed by atoms with Crippen LogP contribution in [0.1, 0.15) is 25.8 Å². The minimum absolute atomic E-state index is 0.0821. The number of rotatable bonds is 5. The Hall–Kier alpha value is -1.60. The Labute approximate surface area is 101 Å². The van der Waals surface area contributed by atoms with Gasteiger partial charge in [0.1, 0.15) is 17.6 Å². The first-order valence-electron chi connectivity index (χ1n) is 5.67. The molecule has 1 rings (SSSR count). The Morgan fingerprint density at radius 1 is 1.53 bits per heavy atom. The molecule has 92 valence electrons. The predicted molar refractivity (Wildman–Crippen MR) is 64.1 cm³/mol. The molecule has 0 bridgehead atoms. The summed E-state index contributed by atoms with van der Waals surface area (Å²) in [4.78, 5) is 0. The van der Waals surface area contributed by atoms with Crippen molar-refractivity contribution in [2.45, 2.75) is 38.8 Å². The van der Waals surface area contributed by atoms with Crippen molar-refractivity contribution in [2.24, 2.45) is 5.73 Å². The minimum atomic E-state index is -0.507. The first-order valence-corrected chi connectivity index (χ1v) is 5.67. The van der Waals surface area contributed by atoms with Gasteiger partial charge in [0, 0.05) is 6.04 Å². The maximum Gasteiger partial charge on any atom is 0.184 e. The van der Waals surface area contributed by atoms with Crippen LogP contribution in [0.15, 0.2) is 18.2 Å². The number of nitrogens with zero attached hydrogens (tertiary/aromatic N) is 1. The molecule has 2 atom stereocenters. The highest BCUT2D eigenvalue weighted by Crippen LogP contribution is 2.22. The summed E-state index contributed by atoms with van der Waals surface area (Å²) < 4.78 is 18.7. The van der Waals surface area contributed by atoms with Crippen molar-refractivity contribution in [1.29, 1.82) is 5.26 Å². The third-order valence-electron chi connectivity index (χ3n) is 2.35. The summed E-state index contributed by atoms with van der Waals surface area (Å²) >= 11 is 0. The highest BCUT2D eigenvalue weighted by molar-refractivity contribution is 5.35. The minimum Gasteiger partial charge on any atom is -0.475 e. The molecular formula is C13H17FN2O. The summed E-state index contributed by atoms with van der Waals surface area (Å²) in [5.74, 6) is 0.218. The van der Waals surface area contributed by atoms with Gasteiger partial charge in [-0.05, 0) is 43.5 Å². The van der Waals surface area contributed by atoms with Crippen LogP contribution in [0.3, 0.4) is 0 Å². The van der Waals surface area contributed by atoms with Gasteiger partial charge in [0.2, 0.25) is 0 Å².